The molecule has 110 valence electrons. The highest BCUT2D eigenvalue weighted by Gasteiger charge is 2.12. The Labute approximate surface area is 132 Å². The van der Waals surface area contributed by atoms with Crippen molar-refractivity contribution in [3.63, 3.8) is 0 Å². The second-order valence-electron chi connectivity index (χ2n) is 5.01. The first-order valence-electron chi connectivity index (χ1n) is 6.73. The quantitative estimate of drug-likeness (QED) is 0.625. The molecular formula is C16H17BrN2O2. The number of hydrogen-bond acceptors (Lipinski definition) is 3. The van der Waals surface area contributed by atoms with E-state index >= 15 is 0 Å². The molecule has 0 aliphatic carbocycles. The maximum atomic E-state index is 10.7. The first-order valence-corrected chi connectivity index (χ1v) is 7.52. The summed E-state index contributed by atoms with van der Waals surface area (Å²) in [6.07, 6.45) is 0. The molecule has 2 aromatic carbocycles. The van der Waals surface area contributed by atoms with Gasteiger partial charge in [-0.1, -0.05) is 40.2 Å². The number of nitrogens with zero attached hydrogens (tertiary/aromatic N) is 1. The van der Waals surface area contributed by atoms with Gasteiger partial charge >= 0.3 is 0 Å². The van der Waals surface area contributed by atoms with Gasteiger partial charge in [0.25, 0.3) is 5.69 Å². The van der Waals surface area contributed by atoms with Gasteiger partial charge in [0.2, 0.25) is 0 Å². The highest BCUT2D eigenvalue weighted by Crippen LogP contribution is 2.22. The summed E-state index contributed by atoms with van der Waals surface area (Å²) in [5.41, 5.74) is 2.35. The molecule has 0 aromatic heterocycles. The summed E-state index contributed by atoms with van der Waals surface area (Å²) in [6, 6.07) is 15.2. The van der Waals surface area contributed by atoms with E-state index < -0.39 is 0 Å². The third kappa shape index (κ3) is 4.12. The zero-order valence-electron chi connectivity index (χ0n) is 11.9. The van der Waals surface area contributed by atoms with E-state index in [1.807, 2.05) is 12.1 Å². The van der Waals surface area contributed by atoms with Gasteiger partial charge in [0.05, 0.1) is 4.92 Å². The molecule has 0 heterocycles. The van der Waals surface area contributed by atoms with Gasteiger partial charge in [0.15, 0.2) is 0 Å². The third-order valence-electron chi connectivity index (χ3n) is 3.47. The fourth-order valence-electron chi connectivity index (χ4n) is 2.20. The third-order valence-corrected chi connectivity index (χ3v) is 4.00. The lowest BCUT2D eigenvalue weighted by molar-refractivity contribution is -0.384. The Balaban J connectivity index is 2.04. The fraction of sp³-hybridized carbons (Fsp3) is 0.250. The zero-order valence-corrected chi connectivity index (χ0v) is 13.5. The Bertz CT molecular complexity index is 611. The molecule has 2 atom stereocenters. The monoisotopic (exact) mass is 348 g/mol. The minimum Gasteiger partial charge on any atom is -0.304 e. The van der Waals surface area contributed by atoms with Crippen LogP contribution in [0.1, 0.15) is 37.1 Å². The van der Waals surface area contributed by atoms with Crippen LogP contribution in [0.2, 0.25) is 0 Å². The minimum atomic E-state index is -0.383. The van der Waals surface area contributed by atoms with E-state index in [1.165, 1.54) is 17.7 Å². The first kappa shape index (κ1) is 15.7. The normalized spacial score (nSPS) is 13.7. The van der Waals surface area contributed by atoms with Crippen molar-refractivity contribution < 1.29 is 4.92 Å². The van der Waals surface area contributed by atoms with Crippen LogP contribution in [0.3, 0.4) is 0 Å². The van der Waals surface area contributed by atoms with E-state index in [9.17, 15) is 10.1 Å². The summed E-state index contributed by atoms with van der Waals surface area (Å²) in [6.45, 7) is 4.15. The van der Waals surface area contributed by atoms with Crippen molar-refractivity contribution in [2.75, 3.05) is 0 Å². The Morgan fingerprint density at radius 3 is 1.81 bits per heavy atom. The average molecular weight is 349 g/mol. The van der Waals surface area contributed by atoms with Crippen LogP contribution in [-0.2, 0) is 0 Å². The van der Waals surface area contributed by atoms with Crippen LogP contribution in [0.15, 0.2) is 53.0 Å². The zero-order chi connectivity index (χ0) is 15.4. The van der Waals surface area contributed by atoms with Crippen molar-refractivity contribution in [3.8, 4) is 0 Å². The van der Waals surface area contributed by atoms with Crippen LogP contribution in [-0.4, -0.2) is 4.92 Å². The van der Waals surface area contributed by atoms with E-state index in [-0.39, 0.29) is 22.7 Å². The van der Waals surface area contributed by atoms with E-state index in [0.717, 1.165) is 10.0 Å². The lowest BCUT2D eigenvalue weighted by atomic mass is 10.0. The predicted octanol–water partition coefficient (Wildman–Crippen LogP) is 4.77. The van der Waals surface area contributed by atoms with Gasteiger partial charge in [-0.15, -0.1) is 0 Å². The number of halogens is 1. The second kappa shape index (κ2) is 6.83. The van der Waals surface area contributed by atoms with Gasteiger partial charge in [0, 0.05) is 28.7 Å². The molecule has 0 radical (unpaired) electrons. The molecule has 0 aliphatic rings. The molecule has 0 bridgehead atoms. The predicted molar refractivity (Wildman–Crippen MR) is 87.2 cm³/mol. The lowest BCUT2D eigenvalue weighted by Crippen LogP contribution is -2.22. The molecule has 0 saturated carbocycles. The SMILES string of the molecule is CC(N[C@@H](C)c1ccc(Br)cc1)c1ccc([N+](=O)[O-])cc1. The van der Waals surface area contributed by atoms with Gasteiger partial charge in [-0.2, -0.15) is 0 Å². The molecule has 0 fully saturated rings. The van der Waals surface area contributed by atoms with Crippen LogP contribution in [0.25, 0.3) is 0 Å². The maximum Gasteiger partial charge on any atom is 0.269 e. The number of nitro benzene ring substituents is 1. The lowest BCUT2D eigenvalue weighted by Gasteiger charge is -2.20. The van der Waals surface area contributed by atoms with Crippen LogP contribution < -0.4 is 5.32 Å². The Morgan fingerprint density at radius 2 is 1.38 bits per heavy atom. The van der Waals surface area contributed by atoms with Gasteiger partial charge < -0.3 is 5.32 Å². The smallest absolute Gasteiger partial charge is 0.269 e. The molecule has 0 amide bonds. The Morgan fingerprint density at radius 1 is 0.952 bits per heavy atom. The number of nitro groups is 1. The second-order valence-corrected chi connectivity index (χ2v) is 5.93. The fourth-order valence-corrected chi connectivity index (χ4v) is 2.47. The standard InChI is InChI=1S/C16H17BrN2O2/c1-11(13-3-7-15(17)8-4-13)18-12(2)14-5-9-16(10-6-14)19(20)21/h3-12,18H,1-2H3/t11-,12?/m0/s1. The van der Waals surface area contributed by atoms with Crippen molar-refractivity contribution in [2.45, 2.75) is 25.9 Å². The highest BCUT2D eigenvalue weighted by molar-refractivity contribution is 9.10. The van der Waals surface area contributed by atoms with Crippen LogP contribution in [0.5, 0.6) is 0 Å². The number of nitrogens with one attached hydrogen (secondary N) is 1. The summed E-state index contributed by atoms with van der Waals surface area (Å²) in [5.74, 6) is 0. The molecule has 2 rings (SSSR count). The summed E-state index contributed by atoms with van der Waals surface area (Å²) < 4.78 is 1.06. The van der Waals surface area contributed by atoms with Crippen LogP contribution in [0, 0.1) is 10.1 Å². The van der Waals surface area contributed by atoms with Crippen LogP contribution in [0.4, 0.5) is 5.69 Å². The van der Waals surface area contributed by atoms with Gasteiger partial charge in [0.1, 0.15) is 0 Å². The van der Waals surface area contributed by atoms with E-state index in [0.29, 0.717) is 0 Å². The molecule has 21 heavy (non-hydrogen) atoms. The number of hydrogen-bond donors (Lipinski definition) is 1. The van der Waals surface area contributed by atoms with Crippen molar-refractivity contribution in [2.24, 2.45) is 0 Å². The van der Waals surface area contributed by atoms with Crippen LogP contribution >= 0.6 is 15.9 Å². The molecule has 0 spiro atoms. The van der Waals surface area contributed by atoms with Crippen molar-refractivity contribution in [3.05, 3.63) is 74.2 Å². The molecule has 0 saturated heterocycles. The molecular weight excluding hydrogens is 332 g/mol. The van der Waals surface area contributed by atoms with Crippen molar-refractivity contribution in [1.29, 1.82) is 0 Å². The maximum absolute atomic E-state index is 10.7. The van der Waals surface area contributed by atoms with Crippen molar-refractivity contribution in [1.82, 2.24) is 5.32 Å². The summed E-state index contributed by atoms with van der Waals surface area (Å²) in [4.78, 5) is 10.3. The number of non-ortho nitro benzene ring substituents is 1. The molecule has 1 N–H and O–H groups in total. The Hall–Kier alpha value is -1.72. The van der Waals surface area contributed by atoms with Gasteiger partial charge in [-0.25, -0.2) is 0 Å². The number of rotatable bonds is 5. The first-order chi connectivity index (χ1) is 9.97. The molecule has 4 nitrogen and oxygen atoms in total. The summed E-state index contributed by atoms with van der Waals surface area (Å²) in [5, 5.41) is 14.2. The topological polar surface area (TPSA) is 55.2 Å². The molecule has 0 aliphatic heterocycles. The number of benzene rings is 2. The Kier molecular flexibility index (Phi) is 5.09. The minimum absolute atomic E-state index is 0.115. The van der Waals surface area contributed by atoms with E-state index in [2.05, 4.69) is 47.2 Å². The van der Waals surface area contributed by atoms with E-state index in [4.69, 9.17) is 0 Å². The summed E-state index contributed by atoms with van der Waals surface area (Å²) >= 11 is 3.43. The average Bonchev–Trinajstić information content (AvgIpc) is 2.47. The largest absolute Gasteiger partial charge is 0.304 e. The summed E-state index contributed by atoms with van der Waals surface area (Å²) in [7, 11) is 0. The van der Waals surface area contributed by atoms with E-state index in [1.54, 1.807) is 12.1 Å². The van der Waals surface area contributed by atoms with Gasteiger partial charge in [-0.05, 0) is 37.1 Å². The molecule has 2 aromatic rings. The molecule has 5 heteroatoms. The highest BCUT2D eigenvalue weighted by atomic mass is 79.9. The van der Waals surface area contributed by atoms with Gasteiger partial charge in [-0.3, -0.25) is 10.1 Å². The molecule has 1 unspecified atom stereocenters. The van der Waals surface area contributed by atoms with Crippen molar-refractivity contribution >= 4 is 21.6 Å².